The summed E-state index contributed by atoms with van der Waals surface area (Å²) in [4.78, 5) is 37.7. The third-order valence-corrected chi connectivity index (χ3v) is 6.44. The molecule has 2 aromatic carbocycles. The van der Waals surface area contributed by atoms with Crippen molar-refractivity contribution in [2.75, 3.05) is 6.54 Å². The van der Waals surface area contributed by atoms with Gasteiger partial charge in [0.15, 0.2) is 17.4 Å². The molecular formula is C27H33F2N3O5. The number of carboxylic acid groups (broad SMARTS) is 1. The number of halogens is 2. The number of carboxylic acids is 1. The van der Waals surface area contributed by atoms with Crippen LogP contribution in [0, 0.1) is 17.6 Å². The number of hydrogen-bond donors (Lipinski definition) is 4. The first kappa shape index (κ1) is 28.2. The van der Waals surface area contributed by atoms with Crippen molar-refractivity contribution in [2.45, 2.75) is 63.8 Å². The van der Waals surface area contributed by atoms with Gasteiger partial charge in [0.25, 0.3) is 0 Å². The largest absolute Gasteiger partial charge is 0.478 e. The Morgan fingerprint density at radius 2 is 1.86 bits per heavy atom. The van der Waals surface area contributed by atoms with Crippen LogP contribution in [-0.2, 0) is 27.3 Å². The number of hydrogen-bond acceptors (Lipinski definition) is 6. The number of carbonyl (C=O) groups is 3. The minimum atomic E-state index is -1.44. The Hall–Kier alpha value is -3.37. The number of aliphatic carboxylic acids is 1. The third-order valence-electron chi connectivity index (χ3n) is 6.44. The van der Waals surface area contributed by atoms with Crippen LogP contribution in [0.4, 0.5) is 8.78 Å². The quantitative estimate of drug-likeness (QED) is 0.319. The first-order chi connectivity index (χ1) is 17.5. The molecule has 3 rings (SSSR count). The number of rotatable bonds is 12. The van der Waals surface area contributed by atoms with E-state index >= 15 is 0 Å². The van der Waals surface area contributed by atoms with Crippen LogP contribution in [0.5, 0.6) is 5.75 Å². The Bertz CT molecular complexity index is 1120. The summed E-state index contributed by atoms with van der Waals surface area (Å²) in [6.45, 7) is 4.13. The Labute approximate surface area is 214 Å². The molecule has 0 unspecified atom stereocenters. The number of benzene rings is 2. The first-order valence-corrected chi connectivity index (χ1v) is 12.3. The van der Waals surface area contributed by atoms with E-state index in [1.54, 1.807) is 38.1 Å². The van der Waals surface area contributed by atoms with Gasteiger partial charge in [-0.15, -0.1) is 0 Å². The smallest absolute Gasteiger partial charge is 0.345 e. The lowest BCUT2D eigenvalue weighted by Gasteiger charge is -2.28. The molecular weight excluding hydrogens is 484 g/mol. The van der Waals surface area contributed by atoms with Crippen LogP contribution < -0.4 is 21.1 Å². The molecule has 0 aromatic heterocycles. The van der Waals surface area contributed by atoms with Crippen LogP contribution in [0.25, 0.3) is 0 Å². The van der Waals surface area contributed by atoms with Crippen LogP contribution in [0.3, 0.4) is 0 Å². The topological polar surface area (TPSA) is 131 Å². The third kappa shape index (κ3) is 7.11. The van der Waals surface area contributed by atoms with Gasteiger partial charge in [-0.2, -0.15) is 0 Å². The van der Waals surface area contributed by atoms with Gasteiger partial charge in [0, 0.05) is 24.9 Å². The second kappa shape index (κ2) is 12.2. The van der Waals surface area contributed by atoms with Gasteiger partial charge in [-0.05, 0) is 67.3 Å². The van der Waals surface area contributed by atoms with Crippen molar-refractivity contribution in [2.24, 2.45) is 11.7 Å². The molecule has 200 valence electrons. The van der Waals surface area contributed by atoms with E-state index in [2.05, 4.69) is 10.6 Å². The van der Waals surface area contributed by atoms with E-state index in [0.29, 0.717) is 25.1 Å². The maximum atomic E-state index is 14.0. The summed E-state index contributed by atoms with van der Waals surface area (Å²) in [5.74, 6) is -2.95. The molecule has 1 saturated heterocycles. The first-order valence-electron chi connectivity index (χ1n) is 12.3. The Kier molecular flexibility index (Phi) is 9.34. The Balaban J connectivity index is 1.60. The molecule has 3 atom stereocenters. The lowest BCUT2D eigenvalue weighted by molar-refractivity contribution is -0.147. The van der Waals surface area contributed by atoms with Crippen LogP contribution in [0.2, 0.25) is 0 Å². The molecule has 0 saturated carbocycles. The maximum Gasteiger partial charge on any atom is 0.345 e. The predicted octanol–water partition coefficient (Wildman–Crippen LogP) is 2.72. The highest BCUT2D eigenvalue weighted by Crippen LogP contribution is 2.24. The van der Waals surface area contributed by atoms with Gasteiger partial charge in [-0.3, -0.25) is 14.9 Å². The van der Waals surface area contributed by atoms with Crippen LogP contribution in [-0.4, -0.2) is 47.0 Å². The van der Waals surface area contributed by atoms with Crippen molar-refractivity contribution < 1.29 is 33.0 Å². The fraction of sp³-hybridized carbons (Fsp3) is 0.444. The van der Waals surface area contributed by atoms with Gasteiger partial charge >= 0.3 is 5.97 Å². The summed E-state index contributed by atoms with van der Waals surface area (Å²) in [5, 5.41) is 15.1. The number of nitrogens with one attached hydrogen (secondary N) is 2. The van der Waals surface area contributed by atoms with Crippen molar-refractivity contribution in [1.29, 1.82) is 0 Å². The summed E-state index contributed by atoms with van der Waals surface area (Å²) >= 11 is 0. The maximum absolute atomic E-state index is 14.0. The fourth-order valence-electron chi connectivity index (χ4n) is 4.41. The molecule has 1 heterocycles. The Morgan fingerprint density at radius 1 is 1.16 bits per heavy atom. The molecule has 2 aromatic rings. The molecule has 1 aliphatic heterocycles. The van der Waals surface area contributed by atoms with Crippen LogP contribution in [0.15, 0.2) is 42.5 Å². The molecule has 10 heteroatoms. The van der Waals surface area contributed by atoms with Gasteiger partial charge < -0.3 is 20.9 Å². The lowest BCUT2D eigenvalue weighted by Crippen LogP contribution is -2.59. The van der Waals surface area contributed by atoms with E-state index in [1.165, 1.54) is 0 Å². The van der Waals surface area contributed by atoms with Crippen molar-refractivity contribution in [3.63, 3.8) is 0 Å². The second-order valence-electron chi connectivity index (χ2n) is 9.71. The number of ketones is 1. The summed E-state index contributed by atoms with van der Waals surface area (Å²) in [7, 11) is 0. The molecule has 0 bridgehead atoms. The SMILES string of the molecule is CC(C)[C@H](Oc1ccc(CNC(=O)[C@@]2(C(=O)C[C@H](N)Cc3cc(F)ccc3F)CCCN2)cc1)C(=O)O. The van der Waals surface area contributed by atoms with Gasteiger partial charge in [0.05, 0.1) is 0 Å². The summed E-state index contributed by atoms with van der Waals surface area (Å²) in [6, 6.07) is 8.94. The highest BCUT2D eigenvalue weighted by molar-refractivity contribution is 6.11. The highest BCUT2D eigenvalue weighted by atomic mass is 19.1. The van der Waals surface area contributed by atoms with Gasteiger partial charge in [-0.1, -0.05) is 26.0 Å². The van der Waals surface area contributed by atoms with Gasteiger partial charge in [0.1, 0.15) is 17.4 Å². The summed E-state index contributed by atoms with van der Waals surface area (Å²) in [6.07, 6.45) is -0.269. The van der Waals surface area contributed by atoms with E-state index in [-0.39, 0.29) is 30.9 Å². The van der Waals surface area contributed by atoms with Gasteiger partial charge in [0.2, 0.25) is 5.91 Å². The zero-order valence-electron chi connectivity index (χ0n) is 20.9. The molecule has 0 spiro atoms. The monoisotopic (exact) mass is 517 g/mol. The number of ether oxygens (including phenoxy) is 1. The number of nitrogens with two attached hydrogens (primary N) is 1. The summed E-state index contributed by atoms with van der Waals surface area (Å²) < 4.78 is 33.0. The number of carbonyl (C=O) groups excluding carboxylic acids is 2. The van der Waals surface area contributed by atoms with Crippen molar-refractivity contribution >= 4 is 17.7 Å². The molecule has 1 fully saturated rings. The van der Waals surface area contributed by atoms with E-state index < -0.39 is 47.0 Å². The summed E-state index contributed by atoms with van der Waals surface area (Å²) in [5.41, 5.74) is 5.46. The Morgan fingerprint density at radius 3 is 2.46 bits per heavy atom. The average molecular weight is 518 g/mol. The molecule has 1 aliphatic rings. The number of amides is 1. The van der Waals surface area contributed by atoms with E-state index in [1.807, 2.05) is 0 Å². The normalized spacial score (nSPS) is 18.9. The standard InChI is InChI=1S/C27H33F2N3O5/c1-16(2)24(25(34)35)37-21-7-4-17(5-8-21)15-31-26(36)27(10-3-11-32-27)23(33)14-20(30)13-18-12-19(28)6-9-22(18)29/h4-9,12,16,20,24,32H,3,10-11,13-15,30H2,1-2H3,(H,31,36)(H,34,35)/t20-,24+,27+/m1/s1. The van der Waals surface area contributed by atoms with Crippen molar-refractivity contribution in [1.82, 2.24) is 10.6 Å². The zero-order valence-corrected chi connectivity index (χ0v) is 20.9. The molecule has 0 aliphatic carbocycles. The fourth-order valence-corrected chi connectivity index (χ4v) is 4.41. The van der Waals surface area contributed by atoms with Crippen LogP contribution in [0.1, 0.15) is 44.2 Å². The molecule has 1 amide bonds. The zero-order chi connectivity index (χ0) is 27.2. The highest BCUT2D eigenvalue weighted by Gasteiger charge is 2.47. The van der Waals surface area contributed by atoms with E-state index in [9.17, 15) is 28.3 Å². The predicted molar refractivity (Wildman–Crippen MR) is 133 cm³/mol. The van der Waals surface area contributed by atoms with Crippen molar-refractivity contribution in [3.8, 4) is 5.75 Å². The van der Waals surface area contributed by atoms with Gasteiger partial charge in [-0.25, -0.2) is 13.6 Å². The van der Waals surface area contributed by atoms with E-state index in [0.717, 1.165) is 23.8 Å². The van der Waals surface area contributed by atoms with E-state index in [4.69, 9.17) is 10.5 Å². The number of Topliss-reactive ketones (excluding diaryl/α,β-unsaturated/α-hetero) is 1. The average Bonchev–Trinajstić information content (AvgIpc) is 3.35. The second-order valence-corrected chi connectivity index (χ2v) is 9.71. The molecule has 37 heavy (non-hydrogen) atoms. The van der Waals surface area contributed by atoms with Crippen molar-refractivity contribution in [3.05, 3.63) is 65.2 Å². The van der Waals surface area contributed by atoms with Crippen LogP contribution >= 0.6 is 0 Å². The molecule has 5 N–H and O–H groups in total. The molecule has 0 radical (unpaired) electrons. The molecule has 8 nitrogen and oxygen atoms in total. The minimum absolute atomic E-state index is 0.0407. The lowest BCUT2D eigenvalue weighted by atomic mass is 9.86. The minimum Gasteiger partial charge on any atom is -0.478 e.